The van der Waals surface area contributed by atoms with E-state index in [9.17, 15) is 5.21 Å². The van der Waals surface area contributed by atoms with Gasteiger partial charge in [0.05, 0.1) is 6.20 Å². The van der Waals surface area contributed by atoms with E-state index in [1.807, 2.05) is 0 Å². The van der Waals surface area contributed by atoms with Gasteiger partial charge in [-0.25, -0.2) is 4.73 Å². The average molecular weight is 128 g/mol. The lowest BCUT2D eigenvalue weighted by molar-refractivity contribution is -0.650. The summed E-state index contributed by atoms with van der Waals surface area (Å²) in [6.07, 6.45) is 2.85. The van der Waals surface area contributed by atoms with E-state index in [1.54, 1.807) is 6.07 Å². The zero-order valence-corrected chi connectivity index (χ0v) is 4.88. The largest absolute Gasteiger partial charge is 0.710 e. The Balaban J connectivity index is 3.13. The molecule has 1 rings (SSSR count). The molecule has 0 bridgehead atoms. The predicted octanol–water partition coefficient (Wildman–Crippen LogP) is 0.00370. The fourth-order valence-corrected chi connectivity index (χ4v) is 0.483. The van der Waals surface area contributed by atoms with Crippen molar-refractivity contribution in [3.05, 3.63) is 23.7 Å². The van der Waals surface area contributed by atoms with Crippen LogP contribution in [0.1, 0.15) is 0 Å². The zero-order valence-electron chi connectivity index (χ0n) is 3.98. The van der Waals surface area contributed by atoms with Crippen molar-refractivity contribution < 1.29 is 4.73 Å². The molecule has 1 heterocycles. The smallest absolute Gasteiger partial charge is 0.359 e. The van der Waals surface area contributed by atoms with Gasteiger partial charge in [-0.05, 0) is 4.98 Å². The Labute approximate surface area is 52.0 Å². The van der Waals surface area contributed by atoms with E-state index in [-0.39, 0.29) is 5.16 Å². The Morgan fingerprint density at radius 2 is 2.50 bits per heavy atom. The first kappa shape index (κ1) is 5.37. The van der Waals surface area contributed by atoms with Crippen molar-refractivity contribution in [1.29, 1.82) is 0 Å². The van der Waals surface area contributed by atoms with Gasteiger partial charge in [-0.2, -0.15) is 0 Å². The fourth-order valence-electron chi connectivity index (χ4n) is 0.350. The second-order valence-electron chi connectivity index (χ2n) is 1.25. The topological polar surface area (TPSA) is 39.8 Å². The molecule has 42 valence electrons. The third-order valence-electron chi connectivity index (χ3n) is 0.695. The van der Waals surface area contributed by atoms with Crippen LogP contribution in [-0.2, 0) is 0 Å². The summed E-state index contributed by atoms with van der Waals surface area (Å²) in [5.41, 5.74) is 0. The average Bonchev–Trinajstić information content (AvgIpc) is 1.77. The van der Waals surface area contributed by atoms with E-state index in [0.29, 0.717) is 4.73 Å². The first-order valence-corrected chi connectivity index (χ1v) is 2.48. The van der Waals surface area contributed by atoms with Gasteiger partial charge in [0.1, 0.15) is 6.20 Å². The third kappa shape index (κ3) is 0.894. The lowest BCUT2D eigenvalue weighted by Crippen LogP contribution is -2.27. The molecule has 4 heteroatoms. The van der Waals surface area contributed by atoms with Gasteiger partial charge in [0, 0.05) is 6.07 Å². The highest BCUT2D eigenvalue weighted by atomic mass is 32.1. The lowest BCUT2D eigenvalue weighted by Gasteiger charge is -1.97. The van der Waals surface area contributed by atoms with Gasteiger partial charge in [-0.1, -0.05) is 12.6 Å². The fraction of sp³-hybridized carbons (Fsp3) is 0. The van der Waals surface area contributed by atoms with Crippen LogP contribution < -0.4 is 4.73 Å². The summed E-state index contributed by atoms with van der Waals surface area (Å²) in [7, 11) is 0. The first-order chi connectivity index (χ1) is 3.80. The number of hydrogen-bond donors (Lipinski definition) is 1. The highest BCUT2D eigenvalue weighted by Gasteiger charge is 1.93. The zero-order chi connectivity index (χ0) is 5.98. The van der Waals surface area contributed by atoms with Crippen LogP contribution in [0.5, 0.6) is 0 Å². The van der Waals surface area contributed by atoms with Crippen molar-refractivity contribution in [3.63, 3.8) is 0 Å². The summed E-state index contributed by atoms with van der Waals surface area (Å²) in [6.45, 7) is 0. The molecule has 8 heavy (non-hydrogen) atoms. The molecule has 1 aromatic heterocycles. The van der Waals surface area contributed by atoms with Gasteiger partial charge < -0.3 is 5.21 Å². The number of hydrogen-bond acceptors (Lipinski definition) is 3. The highest BCUT2D eigenvalue weighted by Crippen LogP contribution is 1.86. The van der Waals surface area contributed by atoms with Crippen molar-refractivity contribution in [3.8, 4) is 0 Å². The maximum atomic E-state index is 10.4. The monoisotopic (exact) mass is 128 g/mol. The van der Waals surface area contributed by atoms with E-state index in [0.717, 1.165) is 0 Å². The molecule has 0 aliphatic carbocycles. The molecule has 0 aliphatic heterocycles. The van der Waals surface area contributed by atoms with Crippen LogP contribution in [0.15, 0.2) is 23.6 Å². The summed E-state index contributed by atoms with van der Waals surface area (Å²) >= 11 is 3.74. The van der Waals surface area contributed by atoms with Gasteiger partial charge in [0.2, 0.25) is 0 Å². The molecule has 3 nitrogen and oxygen atoms in total. The standard InChI is InChI=1S/C4H4N2OS/c7-6-3-1-2-5-4(6)8/h1-3H,(H,5,8). The first-order valence-electron chi connectivity index (χ1n) is 2.04. The quantitative estimate of drug-likeness (QED) is 0.231. The maximum Gasteiger partial charge on any atom is 0.359 e. The molecule has 0 saturated heterocycles. The maximum absolute atomic E-state index is 10.4. The Hall–Kier alpha value is -0.770. The Bertz CT molecular complexity index is 170. The molecular formula is C4H4N2OS. The van der Waals surface area contributed by atoms with Crippen LogP contribution in [0.3, 0.4) is 0 Å². The molecule has 0 saturated carbocycles. The van der Waals surface area contributed by atoms with E-state index in [2.05, 4.69) is 17.6 Å². The van der Waals surface area contributed by atoms with Crippen molar-refractivity contribution in [2.75, 3.05) is 0 Å². The van der Waals surface area contributed by atoms with Crippen molar-refractivity contribution >= 4 is 12.6 Å². The number of aromatic nitrogens is 2. The van der Waals surface area contributed by atoms with Gasteiger partial charge >= 0.3 is 5.16 Å². The molecule has 0 unspecified atom stereocenters. The van der Waals surface area contributed by atoms with E-state index in [1.165, 1.54) is 12.4 Å². The minimum absolute atomic E-state index is 0.174. The minimum Gasteiger partial charge on any atom is -0.710 e. The van der Waals surface area contributed by atoms with Crippen LogP contribution in [0.4, 0.5) is 0 Å². The number of rotatable bonds is 0. The molecule has 0 radical (unpaired) electrons. The summed E-state index contributed by atoms with van der Waals surface area (Å²) in [5.74, 6) is 0. The SMILES string of the molecule is [O-][n+]1cccnc1S. The van der Waals surface area contributed by atoms with Gasteiger partial charge in [0.25, 0.3) is 0 Å². The predicted molar refractivity (Wildman–Crippen MR) is 30.4 cm³/mol. The minimum atomic E-state index is 0.174. The van der Waals surface area contributed by atoms with E-state index < -0.39 is 0 Å². The summed E-state index contributed by atoms with van der Waals surface area (Å²) in [4.78, 5) is 3.59. The third-order valence-corrected chi connectivity index (χ3v) is 1.01. The van der Waals surface area contributed by atoms with Crippen LogP contribution in [-0.4, -0.2) is 4.98 Å². The van der Waals surface area contributed by atoms with Crippen molar-refractivity contribution in [1.82, 2.24) is 4.98 Å². The molecule has 0 N–H and O–H groups in total. The van der Waals surface area contributed by atoms with Crippen molar-refractivity contribution in [2.24, 2.45) is 0 Å². The van der Waals surface area contributed by atoms with Crippen LogP contribution >= 0.6 is 12.6 Å². The highest BCUT2D eigenvalue weighted by molar-refractivity contribution is 7.79. The van der Waals surface area contributed by atoms with Crippen LogP contribution in [0.25, 0.3) is 0 Å². The molecule has 0 fully saturated rings. The molecule has 1 aromatic rings. The molecule has 0 aromatic carbocycles. The Kier molecular flexibility index (Phi) is 1.34. The second kappa shape index (κ2) is 2.00. The Morgan fingerprint density at radius 3 is 2.88 bits per heavy atom. The van der Waals surface area contributed by atoms with Gasteiger partial charge in [-0.15, -0.1) is 0 Å². The van der Waals surface area contributed by atoms with E-state index in [4.69, 9.17) is 0 Å². The lowest BCUT2D eigenvalue weighted by atomic mass is 10.7. The van der Waals surface area contributed by atoms with Gasteiger partial charge in [0.15, 0.2) is 0 Å². The summed E-state index contributed by atoms with van der Waals surface area (Å²) < 4.78 is 0.586. The Morgan fingerprint density at radius 1 is 1.75 bits per heavy atom. The molecule has 0 amide bonds. The molecule has 0 atom stereocenters. The van der Waals surface area contributed by atoms with Crippen molar-refractivity contribution in [2.45, 2.75) is 5.16 Å². The number of thiol groups is 1. The number of nitrogens with zero attached hydrogens (tertiary/aromatic N) is 2. The molecule has 0 spiro atoms. The summed E-state index contributed by atoms with van der Waals surface area (Å²) in [6, 6.07) is 1.55. The molecule has 0 aliphatic rings. The normalized spacial score (nSPS) is 9.12. The second-order valence-corrected chi connectivity index (χ2v) is 1.65. The summed E-state index contributed by atoms with van der Waals surface area (Å²) in [5, 5.41) is 10.6. The van der Waals surface area contributed by atoms with Crippen LogP contribution in [0, 0.1) is 5.21 Å². The van der Waals surface area contributed by atoms with E-state index >= 15 is 0 Å². The van der Waals surface area contributed by atoms with Gasteiger partial charge in [-0.3, -0.25) is 0 Å². The molecular weight excluding hydrogens is 124 g/mol. The van der Waals surface area contributed by atoms with Crippen LogP contribution in [0.2, 0.25) is 0 Å².